The highest BCUT2D eigenvalue weighted by molar-refractivity contribution is 8.32. The number of nitrogens with zero attached hydrogens (tertiary/aromatic N) is 3. The van der Waals surface area contributed by atoms with Gasteiger partial charge in [0, 0.05) is 51.6 Å². The first-order chi connectivity index (χ1) is 29.8. The number of aromatic nitrogens is 2. The van der Waals surface area contributed by atoms with E-state index in [1.165, 1.54) is 60.2 Å². The van der Waals surface area contributed by atoms with Crippen LogP contribution in [0.3, 0.4) is 0 Å². The number of anilines is 2. The zero-order valence-corrected chi connectivity index (χ0v) is 35.8. The first kappa shape index (κ1) is 38.1. The van der Waals surface area contributed by atoms with Crippen molar-refractivity contribution in [3.63, 3.8) is 0 Å². The third kappa shape index (κ3) is 7.41. The van der Waals surface area contributed by atoms with E-state index in [1.807, 2.05) is 6.07 Å². The summed E-state index contributed by atoms with van der Waals surface area (Å²) in [5.41, 5.74) is 16.9. The molecular weight excluding hydrogens is 759 g/mol. The monoisotopic (exact) mass is 805 g/mol. The molecule has 10 aromatic rings. The molecule has 0 amide bonds. The molecule has 4 heteroatoms. The summed E-state index contributed by atoms with van der Waals surface area (Å²) in [6.07, 6.45) is 7.04. The summed E-state index contributed by atoms with van der Waals surface area (Å²) in [6, 6.07) is 76.8. The van der Waals surface area contributed by atoms with Crippen LogP contribution < -0.4 is 4.90 Å². The first-order valence-corrected chi connectivity index (χ1v) is 23.6. The number of hydrogen-bond donors (Lipinski definition) is 0. The molecule has 0 saturated heterocycles. The van der Waals surface area contributed by atoms with Crippen LogP contribution in [-0.2, 0) is 0 Å². The van der Waals surface area contributed by atoms with E-state index in [4.69, 9.17) is 4.98 Å². The second-order valence-corrected chi connectivity index (χ2v) is 20.6. The minimum absolute atomic E-state index is 0.816. The van der Waals surface area contributed by atoms with Gasteiger partial charge >= 0.3 is 0 Å². The molecule has 0 aliphatic rings. The SMILES string of the molecule is CN(c1ccc(S(C)(C)C)cc1)c1cc(-c2ccc3c4ccccc4n(-c4ccc(-c5cc(-c6ccccc6)cc(-c6ccccc6)n5)cc4)c3c2)ccc1-c1ccccc1. The highest BCUT2D eigenvalue weighted by atomic mass is 32.3. The summed E-state index contributed by atoms with van der Waals surface area (Å²) < 4.78 is 2.41. The van der Waals surface area contributed by atoms with Crippen LogP contribution in [0.5, 0.6) is 0 Å². The third-order valence-electron chi connectivity index (χ3n) is 11.8. The molecular formula is C57H47N3S. The minimum atomic E-state index is -0.816. The molecule has 2 heterocycles. The predicted molar refractivity (Wildman–Crippen MR) is 264 cm³/mol. The van der Waals surface area contributed by atoms with Gasteiger partial charge in [-0.15, -0.1) is 0 Å². The van der Waals surface area contributed by atoms with Crippen LogP contribution in [0.2, 0.25) is 0 Å². The van der Waals surface area contributed by atoms with Crippen molar-refractivity contribution in [2.75, 3.05) is 30.7 Å². The average Bonchev–Trinajstić information content (AvgIpc) is 3.65. The number of pyridine rings is 1. The molecule has 296 valence electrons. The second-order valence-electron chi connectivity index (χ2n) is 16.5. The van der Waals surface area contributed by atoms with Crippen LogP contribution in [0, 0.1) is 0 Å². The van der Waals surface area contributed by atoms with Crippen molar-refractivity contribution >= 4 is 43.2 Å². The molecule has 10 rings (SSSR count). The highest BCUT2D eigenvalue weighted by Gasteiger charge is 2.18. The highest BCUT2D eigenvalue weighted by Crippen LogP contribution is 2.46. The fraction of sp³-hybridized carbons (Fsp3) is 0.0702. The zero-order chi connectivity index (χ0) is 41.5. The summed E-state index contributed by atoms with van der Waals surface area (Å²) in [5.74, 6) is 0. The number of hydrogen-bond acceptors (Lipinski definition) is 2. The van der Waals surface area contributed by atoms with Crippen LogP contribution in [0.1, 0.15) is 0 Å². The Labute approximate surface area is 360 Å². The minimum Gasteiger partial charge on any atom is -0.344 e. The van der Waals surface area contributed by atoms with Crippen molar-refractivity contribution in [1.82, 2.24) is 9.55 Å². The average molecular weight is 806 g/mol. The molecule has 61 heavy (non-hydrogen) atoms. The van der Waals surface area contributed by atoms with E-state index in [0.29, 0.717) is 0 Å². The largest absolute Gasteiger partial charge is 0.344 e. The second kappa shape index (κ2) is 15.8. The summed E-state index contributed by atoms with van der Waals surface area (Å²) >= 11 is 0. The fourth-order valence-corrected chi connectivity index (χ4v) is 9.46. The number of rotatable bonds is 9. The van der Waals surface area contributed by atoms with Crippen molar-refractivity contribution in [3.05, 3.63) is 212 Å². The van der Waals surface area contributed by atoms with Crippen LogP contribution in [0.15, 0.2) is 217 Å². The molecule has 0 saturated carbocycles. The summed E-state index contributed by atoms with van der Waals surface area (Å²) in [5, 5.41) is 2.46. The molecule has 0 radical (unpaired) electrons. The lowest BCUT2D eigenvalue weighted by molar-refractivity contribution is 1.18. The lowest BCUT2D eigenvalue weighted by atomic mass is 9.96. The van der Waals surface area contributed by atoms with Gasteiger partial charge in [0.25, 0.3) is 0 Å². The van der Waals surface area contributed by atoms with Gasteiger partial charge in [0.05, 0.1) is 22.4 Å². The lowest BCUT2D eigenvalue weighted by Crippen LogP contribution is -2.11. The normalized spacial score (nSPS) is 11.9. The molecule has 0 unspecified atom stereocenters. The molecule has 0 aliphatic carbocycles. The van der Waals surface area contributed by atoms with Crippen LogP contribution in [0.4, 0.5) is 11.4 Å². The Balaban J connectivity index is 1.07. The van der Waals surface area contributed by atoms with Crippen LogP contribution in [0.25, 0.3) is 83.4 Å². The van der Waals surface area contributed by atoms with Gasteiger partial charge in [-0.25, -0.2) is 15.0 Å². The molecule has 0 atom stereocenters. The molecule has 0 N–H and O–H groups in total. The van der Waals surface area contributed by atoms with Crippen LogP contribution >= 0.6 is 10.0 Å². The van der Waals surface area contributed by atoms with Crippen molar-refractivity contribution in [2.24, 2.45) is 0 Å². The van der Waals surface area contributed by atoms with Crippen LogP contribution in [-0.4, -0.2) is 35.4 Å². The zero-order valence-electron chi connectivity index (χ0n) is 35.0. The van der Waals surface area contributed by atoms with E-state index in [2.05, 4.69) is 242 Å². The smallest absolute Gasteiger partial charge is 0.0715 e. The molecule has 0 aliphatic heterocycles. The van der Waals surface area contributed by atoms with E-state index in [9.17, 15) is 0 Å². The predicted octanol–water partition coefficient (Wildman–Crippen LogP) is 15.3. The Morgan fingerprint density at radius 3 is 1.59 bits per heavy atom. The van der Waals surface area contributed by atoms with Gasteiger partial charge in [0.15, 0.2) is 0 Å². The van der Waals surface area contributed by atoms with Gasteiger partial charge in [-0.1, -0.05) is 146 Å². The molecule has 8 aromatic carbocycles. The van der Waals surface area contributed by atoms with E-state index < -0.39 is 10.0 Å². The van der Waals surface area contributed by atoms with Crippen molar-refractivity contribution in [2.45, 2.75) is 4.90 Å². The maximum absolute atomic E-state index is 5.21. The fourth-order valence-electron chi connectivity index (χ4n) is 8.51. The third-order valence-corrected chi connectivity index (χ3v) is 13.5. The Hall–Kier alpha value is -7.14. The topological polar surface area (TPSA) is 21.1 Å². The standard InChI is InChI=1S/C57H47N3S/c1-59(47-30-32-49(33-31-47)61(2,3)4)56-38-44(26-34-50(56)41-18-10-6-11-19-41)45-27-35-52-51-22-14-15-23-55(51)60(57(52)39-45)48-28-24-43(25-29-48)54-37-46(40-16-8-5-9-17-40)36-53(58-54)42-20-12-7-13-21-42/h5-39H,1-4H3. The molecule has 0 bridgehead atoms. The Bertz CT molecular complexity index is 3090. The van der Waals surface area contributed by atoms with Crippen molar-refractivity contribution in [1.29, 1.82) is 0 Å². The maximum Gasteiger partial charge on any atom is 0.0715 e. The number of para-hydroxylation sites is 1. The van der Waals surface area contributed by atoms with Gasteiger partial charge in [0.2, 0.25) is 0 Å². The van der Waals surface area contributed by atoms with E-state index >= 15 is 0 Å². The van der Waals surface area contributed by atoms with E-state index in [-0.39, 0.29) is 0 Å². The quantitative estimate of drug-likeness (QED) is 0.145. The lowest BCUT2D eigenvalue weighted by Gasteiger charge is -2.28. The van der Waals surface area contributed by atoms with Crippen molar-refractivity contribution < 1.29 is 0 Å². The molecule has 2 aromatic heterocycles. The van der Waals surface area contributed by atoms with Gasteiger partial charge in [0.1, 0.15) is 0 Å². The van der Waals surface area contributed by atoms with Gasteiger partial charge < -0.3 is 9.47 Å². The van der Waals surface area contributed by atoms with Gasteiger partial charge in [-0.2, -0.15) is 0 Å². The van der Waals surface area contributed by atoms with E-state index in [0.717, 1.165) is 39.5 Å². The summed E-state index contributed by atoms with van der Waals surface area (Å²) in [7, 11) is 1.37. The molecule has 0 spiro atoms. The number of benzene rings is 8. The molecule has 0 fully saturated rings. The molecule has 3 nitrogen and oxygen atoms in total. The Kier molecular flexibility index (Phi) is 9.86. The van der Waals surface area contributed by atoms with Gasteiger partial charge in [-0.05, 0) is 118 Å². The van der Waals surface area contributed by atoms with Crippen molar-refractivity contribution in [3.8, 4) is 61.6 Å². The maximum atomic E-state index is 5.21. The van der Waals surface area contributed by atoms with Gasteiger partial charge in [-0.3, -0.25) is 0 Å². The summed E-state index contributed by atoms with van der Waals surface area (Å²) in [4.78, 5) is 8.94. The van der Waals surface area contributed by atoms with E-state index in [1.54, 1.807) is 0 Å². The number of fused-ring (bicyclic) bond motifs is 3. The summed E-state index contributed by atoms with van der Waals surface area (Å²) in [6.45, 7) is 0. The Morgan fingerprint density at radius 2 is 0.934 bits per heavy atom. The Morgan fingerprint density at radius 1 is 0.410 bits per heavy atom. The first-order valence-electron chi connectivity index (χ1n) is 20.8.